The van der Waals surface area contributed by atoms with Gasteiger partial charge < -0.3 is 9.88 Å². The van der Waals surface area contributed by atoms with Crippen LogP contribution in [0, 0.1) is 17.5 Å². The van der Waals surface area contributed by atoms with Crippen molar-refractivity contribution in [2.24, 2.45) is 7.05 Å². The normalized spacial score (nSPS) is 10.6. The zero-order valence-electron chi connectivity index (χ0n) is 9.75. The summed E-state index contributed by atoms with van der Waals surface area (Å²) in [7, 11) is 1.48. The van der Waals surface area contributed by atoms with Gasteiger partial charge in [0.25, 0.3) is 5.91 Å². The Morgan fingerprint density at radius 3 is 2.47 bits per heavy atom. The SMILES string of the molecule is Cn1cc(S)c(F)c1C(=O)Nc1ccc(F)c(F)c1. The molecule has 1 aromatic carbocycles. The van der Waals surface area contributed by atoms with Gasteiger partial charge in [-0.1, -0.05) is 0 Å². The number of amides is 1. The Morgan fingerprint density at radius 2 is 1.95 bits per heavy atom. The molecular formula is C12H9F3N2OS. The van der Waals surface area contributed by atoms with E-state index in [0.29, 0.717) is 0 Å². The number of hydrogen-bond donors (Lipinski definition) is 2. The van der Waals surface area contributed by atoms with Crippen molar-refractivity contribution in [3.05, 3.63) is 47.5 Å². The molecule has 100 valence electrons. The number of aryl methyl sites for hydroxylation is 1. The Labute approximate surface area is 112 Å². The number of carbonyl (C=O) groups excluding carboxylic acids is 1. The number of rotatable bonds is 2. The third kappa shape index (κ3) is 2.60. The fraction of sp³-hybridized carbons (Fsp3) is 0.0833. The van der Waals surface area contributed by atoms with Crippen LogP contribution >= 0.6 is 12.6 Å². The van der Waals surface area contributed by atoms with E-state index in [1.54, 1.807) is 0 Å². The average Bonchev–Trinajstić information content (AvgIpc) is 2.58. The van der Waals surface area contributed by atoms with E-state index in [0.717, 1.165) is 12.1 Å². The standard InChI is InChI=1S/C12H9F3N2OS/c1-17-5-9(19)10(15)11(17)12(18)16-6-2-3-7(13)8(14)4-6/h2-5,19H,1H3,(H,16,18). The lowest BCUT2D eigenvalue weighted by Crippen LogP contribution is -2.17. The minimum atomic E-state index is -1.10. The summed E-state index contributed by atoms with van der Waals surface area (Å²) >= 11 is 3.85. The first-order chi connectivity index (χ1) is 8.90. The van der Waals surface area contributed by atoms with E-state index in [2.05, 4.69) is 17.9 Å². The number of carbonyl (C=O) groups is 1. The van der Waals surface area contributed by atoms with E-state index >= 15 is 0 Å². The smallest absolute Gasteiger partial charge is 0.275 e. The van der Waals surface area contributed by atoms with Crippen molar-refractivity contribution in [3.8, 4) is 0 Å². The number of halogens is 3. The highest BCUT2D eigenvalue weighted by Crippen LogP contribution is 2.20. The lowest BCUT2D eigenvalue weighted by molar-refractivity contribution is 0.101. The van der Waals surface area contributed by atoms with Crippen LogP contribution in [0.1, 0.15) is 10.5 Å². The predicted octanol–water partition coefficient (Wildman–Crippen LogP) is 2.98. The largest absolute Gasteiger partial charge is 0.343 e. The van der Waals surface area contributed by atoms with Gasteiger partial charge in [0.1, 0.15) is 5.69 Å². The van der Waals surface area contributed by atoms with Crippen molar-refractivity contribution in [3.63, 3.8) is 0 Å². The third-order valence-electron chi connectivity index (χ3n) is 2.49. The maximum absolute atomic E-state index is 13.6. The van der Waals surface area contributed by atoms with Crippen LogP contribution in [0.3, 0.4) is 0 Å². The highest BCUT2D eigenvalue weighted by atomic mass is 32.1. The van der Waals surface area contributed by atoms with Crippen molar-refractivity contribution in [1.29, 1.82) is 0 Å². The number of benzene rings is 1. The van der Waals surface area contributed by atoms with Gasteiger partial charge in [-0.05, 0) is 12.1 Å². The maximum Gasteiger partial charge on any atom is 0.275 e. The second-order valence-electron chi connectivity index (χ2n) is 3.87. The van der Waals surface area contributed by atoms with E-state index < -0.39 is 23.4 Å². The molecule has 0 atom stereocenters. The van der Waals surface area contributed by atoms with Gasteiger partial charge in [0.05, 0.1) is 4.90 Å². The van der Waals surface area contributed by atoms with Crippen LogP contribution < -0.4 is 5.32 Å². The van der Waals surface area contributed by atoms with Crippen molar-refractivity contribution in [2.45, 2.75) is 4.90 Å². The second-order valence-corrected chi connectivity index (χ2v) is 4.35. The van der Waals surface area contributed by atoms with Crippen LogP contribution in [0.4, 0.5) is 18.9 Å². The van der Waals surface area contributed by atoms with E-state index in [1.165, 1.54) is 23.9 Å². The quantitative estimate of drug-likeness (QED) is 0.818. The molecule has 2 aromatic rings. The predicted molar refractivity (Wildman–Crippen MR) is 66.9 cm³/mol. The van der Waals surface area contributed by atoms with Gasteiger partial charge in [-0.15, -0.1) is 12.6 Å². The van der Waals surface area contributed by atoms with Crippen LogP contribution in [-0.2, 0) is 7.05 Å². The molecule has 0 saturated heterocycles. The first-order valence-electron chi connectivity index (χ1n) is 5.20. The minimum absolute atomic E-state index is 0.0259. The van der Waals surface area contributed by atoms with Gasteiger partial charge in [0.2, 0.25) is 0 Å². The highest BCUT2D eigenvalue weighted by molar-refractivity contribution is 7.80. The molecule has 0 aliphatic carbocycles. The molecule has 0 aliphatic rings. The molecule has 0 spiro atoms. The van der Waals surface area contributed by atoms with Gasteiger partial charge in [0, 0.05) is 25.0 Å². The maximum atomic E-state index is 13.6. The Balaban J connectivity index is 2.28. The molecule has 0 unspecified atom stereocenters. The number of nitrogens with one attached hydrogen (secondary N) is 1. The monoisotopic (exact) mass is 286 g/mol. The van der Waals surface area contributed by atoms with Crippen LogP contribution in [0.5, 0.6) is 0 Å². The number of anilines is 1. The van der Waals surface area contributed by atoms with Crippen molar-refractivity contribution in [1.82, 2.24) is 4.57 Å². The number of nitrogens with zero attached hydrogens (tertiary/aromatic N) is 1. The summed E-state index contributed by atoms with van der Waals surface area (Å²) in [6.07, 6.45) is 1.33. The zero-order chi connectivity index (χ0) is 14.2. The third-order valence-corrected chi connectivity index (χ3v) is 2.81. The van der Waals surface area contributed by atoms with E-state index in [9.17, 15) is 18.0 Å². The first kappa shape index (κ1) is 13.5. The van der Waals surface area contributed by atoms with Crippen LogP contribution in [0.25, 0.3) is 0 Å². The first-order valence-corrected chi connectivity index (χ1v) is 5.65. The Hall–Kier alpha value is -1.89. The summed E-state index contributed by atoms with van der Waals surface area (Å²) in [5.74, 6) is -3.67. The minimum Gasteiger partial charge on any atom is -0.343 e. The van der Waals surface area contributed by atoms with Gasteiger partial charge in [0.15, 0.2) is 17.5 Å². The van der Waals surface area contributed by atoms with Gasteiger partial charge in [-0.2, -0.15) is 0 Å². The lowest BCUT2D eigenvalue weighted by atomic mass is 10.3. The topological polar surface area (TPSA) is 34.0 Å². The fourth-order valence-electron chi connectivity index (χ4n) is 1.60. The molecule has 0 fully saturated rings. The molecule has 0 bridgehead atoms. The summed E-state index contributed by atoms with van der Waals surface area (Å²) in [4.78, 5) is 11.9. The fourth-order valence-corrected chi connectivity index (χ4v) is 1.88. The Bertz CT molecular complexity index is 655. The molecule has 7 heteroatoms. The molecule has 2 rings (SSSR count). The number of thiol groups is 1. The Kier molecular flexibility index (Phi) is 3.57. The van der Waals surface area contributed by atoms with Crippen LogP contribution in [-0.4, -0.2) is 10.5 Å². The van der Waals surface area contributed by atoms with E-state index in [-0.39, 0.29) is 16.3 Å². The molecule has 0 radical (unpaired) electrons. The molecular weight excluding hydrogens is 277 g/mol. The van der Waals surface area contributed by atoms with Gasteiger partial charge >= 0.3 is 0 Å². The lowest BCUT2D eigenvalue weighted by Gasteiger charge is -2.06. The molecule has 3 nitrogen and oxygen atoms in total. The number of hydrogen-bond acceptors (Lipinski definition) is 2. The van der Waals surface area contributed by atoms with Crippen LogP contribution in [0.15, 0.2) is 29.3 Å². The summed E-state index contributed by atoms with van der Waals surface area (Å²) in [5, 5.41) is 2.28. The molecule has 0 saturated carbocycles. The van der Waals surface area contributed by atoms with Crippen LogP contribution in [0.2, 0.25) is 0 Å². The molecule has 0 aliphatic heterocycles. The van der Waals surface area contributed by atoms with E-state index in [1.807, 2.05) is 0 Å². The van der Waals surface area contributed by atoms with Crippen molar-refractivity contribution >= 4 is 24.2 Å². The molecule has 1 N–H and O–H groups in total. The molecule has 1 amide bonds. The molecule has 19 heavy (non-hydrogen) atoms. The molecule has 1 heterocycles. The van der Waals surface area contributed by atoms with Gasteiger partial charge in [-0.3, -0.25) is 4.79 Å². The second kappa shape index (κ2) is 5.00. The molecule has 1 aromatic heterocycles. The summed E-state index contributed by atoms with van der Waals surface area (Å²) in [6, 6.07) is 2.87. The summed E-state index contributed by atoms with van der Waals surface area (Å²) < 4.78 is 40.6. The average molecular weight is 286 g/mol. The summed E-state index contributed by atoms with van der Waals surface area (Å²) in [5.41, 5.74) is -0.208. The highest BCUT2D eigenvalue weighted by Gasteiger charge is 2.19. The Morgan fingerprint density at radius 1 is 1.26 bits per heavy atom. The summed E-state index contributed by atoms with van der Waals surface area (Å²) in [6.45, 7) is 0. The van der Waals surface area contributed by atoms with Crippen molar-refractivity contribution < 1.29 is 18.0 Å². The zero-order valence-corrected chi connectivity index (χ0v) is 10.6. The van der Waals surface area contributed by atoms with Crippen molar-refractivity contribution in [2.75, 3.05) is 5.32 Å². The van der Waals surface area contributed by atoms with Gasteiger partial charge in [-0.25, -0.2) is 13.2 Å². The van der Waals surface area contributed by atoms with E-state index in [4.69, 9.17) is 0 Å². The number of aromatic nitrogens is 1.